The second kappa shape index (κ2) is 6.49. The van der Waals surface area contributed by atoms with Crippen LogP contribution in [-0.2, 0) is 11.2 Å². The number of rotatable bonds is 4. The number of aryl methyl sites for hydroxylation is 1. The van der Waals surface area contributed by atoms with Crippen LogP contribution in [0.15, 0.2) is 22.7 Å². The van der Waals surface area contributed by atoms with E-state index in [0.717, 1.165) is 10.2 Å². The van der Waals surface area contributed by atoms with Crippen LogP contribution in [0.3, 0.4) is 0 Å². The first-order valence-electron chi connectivity index (χ1n) is 6.49. The van der Waals surface area contributed by atoms with Crippen LogP contribution in [0.5, 0.6) is 0 Å². The molecule has 2 rings (SSSR count). The van der Waals surface area contributed by atoms with Crippen molar-refractivity contribution >= 4 is 39.3 Å². The van der Waals surface area contributed by atoms with Gasteiger partial charge in [-0.1, -0.05) is 18.5 Å². The quantitative estimate of drug-likeness (QED) is 0.832. The van der Waals surface area contributed by atoms with Crippen LogP contribution in [0.1, 0.15) is 30.2 Å². The molecule has 0 radical (unpaired) electrons. The molecular weight excluding hydrogens is 358 g/mol. The molecule has 21 heavy (non-hydrogen) atoms. The lowest BCUT2D eigenvalue weighted by molar-refractivity contribution is 0.0521. The van der Waals surface area contributed by atoms with Crippen LogP contribution in [0.25, 0.3) is 5.69 Å². The zero-order chi connectivity index (χ0) is 15.6. The molecule has 0 aliphatic rings. The van der Waals surface area contributed by atoms with Gasteiger partial charge in [0, 0.05) is 10.9 Å². The molecule has 1 aromatic carbocycles. The molecule has 2 aromatic rings. The number of nitrogen functional groups attached to an aromatic ring is 1. The van der Waals surface area contributed by atoms with Gasteiger partial charge in [0.1, 0.15) is 11.6 Å². The third-order valence-corrected chi connectivity index (χ3v) is 4.16. The average molecular weight is 373 g/mol. The van der Waals surface area contributed by atoms with Gasteiger partial charge in [0.15, 0.2) is 5.69 Å². The molecule has 0 saturated carbocycles. The summed E-state index contributed by atoms with van der Waals surface area (Å²) in [6, 6.07) is 5.43. The van der Waals surface area contributed by atoms with Crippen molar-refractivity contribution in [2.45, 2.75) is 20.3 Å². The summed E-state index contributed by atoms with van der Waals surface area (Å²) in [6.45, 7) is 3.95. The SMILES string of the molecule is CCOC(=O)c1nc(CC)n(-c2ccc(Br)c(Cl)c2)c1N. The van der Waals surface area contributed by atoms with Crippen molar-refractivity contribution < 1.29 is 9.53 Å². The van der Waals surface area contributed by atoms with E-state index in [2.05, 4.69) is 20.9 Å². The number of carbonyl (C=O) groups excluding carboxylic acids is 1. The van der Waals surface area contributed by atoms with Crippen molar-refractivity contribution in [2.75, 3.05) is 12.3 Å². The number of benzene rings is 1. The number of imidazole rings is 1. The minimum absolute atomic E-state index is 0.132. The van der Waals surface area contributed by atoms with Gasteiger partial charge in [0.05, 0.1) is 17.3 Å². The Kier molecular flexibility index (Phi) is 4.90. The Balaban J connectivity index is 2.57. The summed E-state index contributed by atoms with van der Waals surface area (Å²) < 4.78 is 7.47. The van der Waals surface area contributed by atoms with Crippen LogP contribution >= 0.6 is 27.5 Å². The Morgan fingerprint density at radius 1 is 1.48 bits per heavy atom. The highest BCUT2D eigenvalue weighted by Gasteiger charge is 2.21. The lowest BCUT2D eigenvalue weighted by atomic mass is 10.3. The average Bonchev–Trinajstić information content (AvgIpc) is 2.79. The van der Waals surface area contributed by atoms with E-state index in [1.807, 2.05) is 19.1 Å². The Bertz CT molecular complexity index is 685. The summed E-state index contributed by atoms with van der Waals surface area (Å²) in [5.41, 5.74) is 6.96. The number of esters is 1. The molecule has 1 aromatic heterocycles. The van der Waals surface area contributed by atoms with E-state index in [9.17, 15) is 4.79 Å². The van der Waals surface area contributed by atoms with Crippen LogP contribution in [0.4, 0.5) is 5.82 Å². The Hall–Kier alpha value is -1.53. The summed E-state index contributed by atoms with van der Waals surface area (Å²) in [5.74, 6) is 0.407. The van der Waals surface area contributed by atoms with E-state index in [1.54, 1.807) is 17.6 Å². The molecule has 112 valence electrons. The standard InChI is InChI=1S/C14H15BrClN3O2/c1-3-11-18-12(14(20)21-4-2)13(17)19(11)8-5-6-9(15)10(16)7-8/h5-7H,3-4,17H2,1-2H3. The van der Waals surface area contributed by atoms with Gasteiger partial charge < -0.3 is 10.5 Å². The number of nitrogens with zero attached hydrogens (tertiary/aromatic N) is 2. The number of carbonyl (C=O) groups is 1. The molecule has 0 unspecified atom stereocenters. The monoisotopic (exact) mass is 371 g/mol. The first kappa shape index (κ1) is 15.9. The van der Waals surface area contributed by atoms with Gasteiger partial charge in [-0.05, 0) is 41.1 Å². The molecule has 0 atom stereocenters. The number of aromatic nitrogens is 2. The van der Waals surface area contributed by atoms with Crippen molar-refractivity contribution in [3.8, 4) is 5.69 Å². The second-order valence-corrected chi connectivity index (χ2v) is 5.53. The minimum atomic E-state index is -0.522. The summed E-state index contributed by atoms with van der Waals surface area (Å²) in [7, 11) is 0. The fourth-order valence-electron chi connectivity index (χ4n) is 1.98. The van der Waals surface area contributed by atoms with Crippen LogP contribution in [0, 0.1) is 0 Å². The molecule has 0 fully saturated rings. The van der Waals surface area contributed by atoms with Crippen LogP contribution in [-0.4, -0.2) is 22.1 Å². The van der Waals surface area contributed by atoms with Crippen molar-refractivity contribution in [1.82, 2.24) is 9.55 Å². The number of nitrogens with two attached hydrogens (primary N) is 1. The maximum Gasteiger partial charge on any atom is 0.360 e. The van der Waals surface area contributed by atoms with E-state index in [-0.39, 0.29) is 18.1 Å². The van der Waals surface area contributed by atoms with Crippen LogP contribution in [0.2, 0.25) is 5.02 Å². The summed E-state index contributed by atoms with van der Waals surface area (Å²) in [4.78, 5) is 16.2. The first-order chi connectivity index (χ1) is 9.99. The predicted octanol–water partition coefficient (Wildman–Crippen LogP) is 3.61. The van der Waals surface area contributed by atoms with E-state index in [0.29, 0.717) is 17.3 Å². The zero-order valence-corrected chi connectivity index (χ0v) is 14.0. The maximum absolute atomic E-state index is 11.9. The molecule has 0 bridgehead atoms. The number of halogens is 2. The van der Waals surface area contributed by atoms with Crippen LogP contribution < -0.4 is 5.73 Å². The molecular formula is C14H15BrClN3O2. The van der Waals surface area contributed by atoms with Crippen molar-refractivity contribution in [3.63, 3.8) is 0 Å². The van der Waals surface area contributed by atoms with Gasteiger partial charge in [0.2, 0.25) is 0 Å². The molecule has 0 aliphatic carbocycles. The minimum Gasteiger partial charge on any atom is -0.461 e. The summed E-state index contributed by atoms with van der Waals surface area (Å²) in [5, 5.41) is 0.556. The Morgan fingerprint density at radius 2 is 2.19 bits per heavy atom. The molecule has 5 nitrogen and oxygen atoms in total. The molecule has 2 N–H and O–H groups in total. The van der Waals surface area contributed by atoms with Gasteiger partial charge in [-0.25, -0.2) is 9.78 Å². The van der Waals surface area contributed by atoms with Crippen molar-refractivity contribution in [2.24, 2.45) is 0 Å². The highest BCUT2D eigenvalue weighted by Crippen LogP contribution is 2.28. The van der Waals surface area contributed by atoms with Gasteiger partial charge in [-0.15, -0.1) is 0 Å². The smallest absolute Gasteiger partial charge is 0.360 e. The van der Waals surface area contributed by atoms with E-state index in [4.69, 9.17) is 22.1 Å². The normalized spacial score (nSPS) is 10.7. The topological polar surface area (TPSA) is 70.1 Å². The van der Waals surface area contributed by atoms with Gasteiger partial charge in [-0.2, -0.15) is 0 Å². The zero-order valence-electron chi connectivity index (χ0n) is 11.7. The second-order valence-electron chi connectivity index (χ2n) is 4.27. The molecule has 1 heterocycles. The van der Waals surface area contributed by atoms with Gasteiger partial charge in [0.25, 0.3) is 0 Å². The maximum atomic E-state index is 11.9. The lowest BCUT2D eigenvalue weighted by Crippen LogP contribution is -2.09. The fraction of sp³-hybridized carbons (Fsp3) is 0.286. The molecule has 0 saturated heterocycles. The molecule has 0 amide bonds. The van der Waals surface area contributed by atoms with Crippen molar-refractivity contribution in [1.29, 1.82) is 0 Å². The Morgan fingerprint density at radius 3 is 2.76 bits per heavy atom. The summed E-state index contributed by atoms with van der Waals surface area (Å²) in [6.07, 6.45) is 0.622. The molecule has 0 aliphatic heterocycles. The lowest BCUT2D eigenvalue weighted by Gasteiger charge is -2.10. The third-order valence-electron chi connectivity index (χ3n) is 2.93. The fourth-order valence-corrected chi connectivity index (χ4v) is 2.40. The first-order valence-corrected chi connectivity index (χ1v) is 7.66. The summed E-state index contributed by atoms with van der Waals surface area (Å²) >= 11 is 9.46. The number of anilines is 1. The van der Waals surface area contributed by atoms with Crippen molar-refractivity contribution in [3.05, 3.63) is 39.2 Å². The van der Waals surface area contributed by atoms with E-state index < -0.39 is 5.97 Å². The largest absolute Gasteiger partial charge is 0.461 e. The van der Waals surface area contributed by atoms with E-state index in [1.165, 1.54) is 0 Å². The Labute approximate surface area is 136 Å². The number of hydrogen-bond donors (Lipinski definition) is 1. The highest BCUT2D eigenvalue weighted by atomic mass is 79.9. The number of hydrogen-bond acceptors (Lipinski definition) is 4. The molecule has 0 spiro atoms. The van der Waals surface area contributed by atoms with Gasteiger partial charge in [-0.3, -0.25) is 4.57 Å². The third kappa shape index (κ3) is 3.06. The predicted molar refractivity (Wildman–Crippen MR) is 86.0 cm³/mol. The van der Waals surface area contributed by atoms with Gasteiger partial charge >= 0.3 is 5.97 Å². The highest BCUT2D eigenvalue weighted by molar-refractivity contribution is 9.10. The van der Waals surface area contributed by atoms with E-state index >= 15 is 0 Å². The number of ether oxygens (including phenoxy) is 1. The molecule has 7 heteroatoms.